The SMILES string of the molecule is COc1ccc(CN(CCO)C(=O)CCc2ccsc2)c(OC)c1. The lowest BCUT2D eigenvalue weighted by Gasteiger charge is -2.23. The number of aliphatic hydroxyl groups excluding tert-OH is 1. The molecule has 1 heterocycles. The van der Waals surface area contributed by atoms with Gasteiger partial charge in [-0.1, -0.05) is 0 Å². The van der Waals surface area contributed by atoms with Gasteiger partial charge in [-0.2, -0.15) is 11.3 Å². The summed E-state index contributed by atoms with van der Waals surface area (Å²) in [6.07, 6.45) is 1.14. The van der Waals surface area contributed by atoms with Crippen LogP contribution in [0.5, 0.6) is 11.5 Å². The fourth-order valence-electron chi connectivity index (χ4n) is 2.45. The largest absolute Gasteiger partial charge is 0.497 e. The van der Waals surface area contributed by atoms with Gasteiger partial charge in [0.05, 0.1) is 20.8 Å². The standard InChI is InChI=1S/C18H23NO4S/c1-22-16-5-4-15(17(11-16)23-2)12-19(8-9-20)18(21)6-3-14-7-10-24-13-14/h4-5,7,10-11,13,20H,3,6,8-9,12H2,1-2H3. The summed E-state index contributed by atoms with van der Waals surface area (Å²) < 4.78 is 10.6. The number of methoxy groups -OCH3 is 2. The maximum absolute atomic E-state index is 12.5. The molecule has 1 aromatic heterocycles. The molecule has 5 nitrogen and oxygen atoms in total. The molecule has 0 radical (unpaired) electrons. The van der Waals surface area contributed by atoms with Crippen molar-refractivity contribution >= 4 is 17.2 Å². The summed E-state index contributed by atoms with van der Waals surface area (Å²) in [5, 5.41) is 13.3. The number of carbonyl (C=O) groups is 1. The molecule has 0 aliphatic carbocycles. The summed E-state index contributed by atoms with van der Waals surface area (Å²) in [5.41, 5.74) is 2.05. The molecule has 1 amide bonds. The molecule has 2 rings (SSSR count). The lowest BCUT2D eigenvalue weighted by atomic mass is 10.1. The smallest absolute Gasteiger partial charge is 0.223 e. The Balaban J connectivity index is 2.05. The van der Waals surface area contributed by atoms with Crippen LogP contribution in [0.1, 0.15) is 17.5 Å². The predicted molar refractivity (Wildman–Crippen MR) is 94.7 cm³/mol. The quantitative estimate of drug-likeness (QED) is 0.756. The van der Waals surface area contributed by atoms with E-state index >= 15 is 0 Å². The average molecular weight is 349 g/mol. The van der Waals surface area contributed by atoms with Crippen molar-refractivity contribution in [2.45, 2.75) is 19.4 Å². The van der Waals surface area contributed by atoms with Crippen molar-refractivity contribution in [2.75, 3.05) is 27.4 Å². The first-order valence-corrected chi connectivity index (χ1v) is 8.72. The topological polar surface area (TPSA) is 59.0 Å². The Labute approximate surface area is 146 Å². The highest BCUT2D eigenvalue weighted by Gasteiger charge is 2.16. The van der Waals surface area contributed by atoms with E-state index in [-0.39, 0.29) is 12.5 Å². The number of aryl methyl sites for hydroxylation is 1. The molecule has 1 aromatic carbocycles. The summed E-state index contributed by atoms with van der Waals surface area (Å²) in [5.74, 6) is 1.39. The summed E-state index contributed by atoms with van der Waals surface area (Å²) in [6, 6.07) is 7.54. The van der Waals surface area contributed by atoms with Gasteiger partial charge < -0.3 is 19.5 Å². The van der Waals surface area contributed by atoms with Crippen LogP contribution in [0.15, 0.2) is 35.0 Å². The summed E-state index contributed by atoms with van der Waals surface area (Å²) in [4.78, 5) is 14.2. The van der Waals surface area contributed by atoms with Crippen LogP contribution < -0.4 is 9.47 Å². The van der Waals surface area contributed by atoms with Gasteiger partial charge in [-0.15, -0.1) is 0 Å². The van der Waals surface area contributed by atoms with Gasteiger partial charge in [0, 0.05) is 31.1 Å². The Kier molecular flexibility index (Phi) is 7.08. The van der Waals surface area contributed by atoms with Crippen molar-refractivity contribution in [3.63, 3.8) is 0 Å². The lowest BCUT2D eigenvalue weighted by molar-refractivity contribution is -0.132. The maximum Gasteiger partial charge on any atom is 0.223 e. The van der Waals surface area contributed by atoms with Crippen LogP contribution in [0.2, 0.25) is 0 Å². The van der Waals surface area contributed by atoms with Gasteiger partial charge in [-0.3, -0.25) is 4.79 Å². The fourth-order valence-corrected chi connectivity index (χ4v) is 3.15. The number of hydrogen-bond donors (Lipinski definition) is 1. The molecule has 0 fully saturated rings. The van der Waals surface area contributed by atoms with E-state index in [1.165, 1.54) is 5.56 Å². The highest BCUT2D eigenvalue weighted by molar-refractivity contribution is 7.07. The van der Waals surface area contributed by atoms with E-state index in [2.05, 4.69) is 5.38 Å². The molecule has 24 heavy (non-hydrogen) atoms. The van der Waals surface area contributed by atoms with E-state index in [0.29, 0.717) is 37.4 Å². The summed E-state index contributed by atoms with van der Waals surface area (Å²) >= 11 is 1.63. The van der Waals surface area contributed by atoms with Crippen LogP contribution in [0.4, 0.5) is 0 Å². The molecule has 0 atom stereocenters. The van der Waals surface area contributed by atoms with E-state index < -0.39 is 0 Å². The van der Waals surface area contributed by atoms with Crippen LogP contribution in [-0.2, 0) is 17.8 Å². The second kappa shape index (κ2) is 9.30. The first-order valence-electron chi connectivity index (χ1n) is 7.78. The van der Waals surface area contributed by atoms with Gasteiger partial charge in [0.2, 0.25) is 5.91 Å². The number of amides is 1. The second-order valence-electron chi connectivity index (χ2n) is 5.35. The first kappa shape index (κ1) is 18.3. The summed E-state index contributed by atoms with van der Waals surface area (Å²) in [7, 11) is 3.19. The van der Waals surface area contributed by atoms with Crippen LogP contribution in [0.25, 0.3) is 0 Å². The van der Waals surface area contributed by atoms with Crippen molar-refractivity contribution in [2.24, 2.45) is 0 Å². The fraction of sp³-hybridized carbons (Fsp3) is 0.389. The molecular formula is C18H23NO4S. The van der Waals surface area contributed by atoms with Crippen molar-refractivity contribution in [3.8, 4) is 11.5 Å². The van der Waals surface area contributed by atoms with Gasteiger partial charge >= 0.3 is 0 Å². The zero-order valence-electron chi connectivity index (χ0n) is 14.0. The number of nitrogens with zero attached hydrogens (tertiary/aromatic N) is 1. The lowest BCUT2D eigenvalue weighted by Crippen LogP contribution is -2.33. The minimum Gasteiger partial charge on any atom is -0.497 e. The van der Waals surface area contributed by atoms with Crippen molar-refractivity contribution in [1.82, 2.24) is 4.90 Å². The number of thiophene rings is 1. The van der Waals surface area contributed by atoms with Crippen molar-refractivity contribution < 1.29 is 19.4 Å². The minimum atomic E-state index is -0.0668. The molecule has 0 aliphatic rings. The number of hydrogen-bond acceptors (Lipinski definition) is 5. The maximum atomic E-state index is 12.5. The molecule has 0 saturated heterocycles. The van der Waals surface area contributed by atoms with Gasteiger partial charge in [0.1, 0.15) is 11.5 Å². The highest BCUT2D eigenvalue weighted by atomic mass is 32.1. The van der Waals surface area contributed by atoms with E-state index in [1.807, 2.05) is 23.6 Å². The molecular weight excluding hydrogens is 326 g/mol. The third-order valence-electron chi connectivity index (χ3n) is 3.79. The molecule has 130 valence electrons. The third-order valence-corrected chi connectivity index (χ3v) is 4.52. The zero-order valence-corrected chi connectivity index (χ0v) is 14.8. The van der Waals surface area contributed by atoms with Crippen LogP contribution in [0.3, 0.4) is 0 Å². The number of ether oxygens (including phenoxy) is 2. The van der Waals surface area contributed by atoms with E-state index in [4.69, 9.17) is 9.47 Å². The molecule has 0 saturated carbocycles. The van der Waals surface area contributed by atoms with E-state index in [0.717, 1.165) is 5.56 Å². The van der Waals surface area contributed by atoms with E-state index in [1.54, 1.807) is 36.5 Å². The number of carbonyl (C=O) groups excluding carboxylic acids is 1. The number of aliphatic hydroxyl groups is 1. The predicted octanol–water partition coefficient (Wildman–Crippen LogP) is 2.72. The molecule has 0 spiro atoms. The third kappa shape index (κ3) is 4.97. The number of benzene rings is 1. The average Bonchev–Trinajstić information content (AvgIpc) is 3.13. The summed E-state index contributed by atoms with van der Waals surface area (Å²) in [6.45, 7) is 0.635. The number of rotatable bonds is 9. The molecule has 0 aliphatic heterocycles. The molecule has 6 heteroatoms. The van der Waals surface area contributed by atoms with Crippen molar-refractivity contribution in [1.29, 1.82) is 0 Å². The molecule has 0 bridgehead atoms. The normalized spacial score (nSPS) is 10.5. The highest BCUT2D eigenvalue weighted by Crippen LogP contribution is 2.26. The second-order valence-corrected chi connectivity index (χ2v) is 6.13. The van der Waals surface area contributed by atoms with Gasteiger partial charge in [-0.05, 0) is 40.9 Å². The Morgan fingerprint density at radius 1 is 1.25 bits per heavy atom. The Morgan fingerprint density at radius 2 is 2.08 bits per heavy atom. The first-order chi connectivity index (χ1) is 11.7. The van der Waals surface area contributed by atoms with Crippen LogP contribution >= 0.6 is 11.3 Å². The molecule has 0 unspecified atom stereocenters. The van der Waals surface area contributed by atoms with Gasteiger partial charge in [-0.25, -0.2) is 0 Å². The van der Waals surface area contributed by atoms with Crippen LogP contribution in [0, 0.1) is 0 Å². The zero-order chi connectivity index (χ0) is 17.4. The van der Waals surface area contributed by atoms with Crippen molar-refractivity contribution in [3.05, 3.63) is 46.2 Å². The molecule has 1 N–H and O–H groups in total. The molecule has 2 aromatic rings. The Morgan fingerprint density at radius 3 is 2.71 bits per heavy atom. The monoisotopic (exact) mass is 349 g/mol. The van der Waals surface area contributed by atoms with Gasteiger partial charge in [0.25, 0.3) is 0 Å². The minimum absolute atomic E-state index is 0.0214. The van der Waals surface area contributed by atoms with Crippen LogP contribution in [-0.4, -0.2) is 43.3 Å². The Bertz CT molecular complexity index is 642. The Hall–Kier alpha value is -2.05. The van der Waals surface area contributed by atoms with E-state index in [9.17, 15) is 9.90 Å². The van der Waals surface area contributed by atoms with Gasteiger partial charge in [0.15, 0.2) is 0 Å².